The van der Waals surface area contributed by atoms with Gasteiger partial charge in [-0.3, -0.25) is 4.99 Å². The normalized spacial score (nSPS) is 15.5. The van der Waals surface area contributed by atoms with Gasteiger partial charge in [0.05, 0.1) is 5.69 Å². The second-order valence-electron chi connectivity index (χ2n) is 2.63. The van der Waals surface area contributed by atoms with Crippen LogP contribution < -0.4 is 5.73 Å². The van der Waals surface area contributed by atoms with Gasteiger partial charge >= 0.3 is 0 Å². The van der Waals surface area contributed by atoms with Gasteiger partial charge in [-0.25, -0.2) is 4.98 Å². The Morgan fingerprint density at radius 1 is 1.46 bits per heavy atom. The Labute approximate surface area is 80.3 Å². The first-order valence-electron chi connectivity index (χ1n) is 3.96. The van der Waals surface area contributed by atoms with E-state index in [-0.39, 0.29) is 0 Å². The van der Waals surface area contributed by atoms with E-state index in [1.165, 1.54) is 11.3 Å². The third-order valence-corrected chi connectivity index (χ3v) is 2.35. The maximum atomic E-state index is 5.54. The molecule has 2 heterocycles. The van der Waals surface area contributed by atoms with Gasteiger partial charge in [0.2, 0.25) is 0 Å². The number of hydrogen-bond acceptors (Lipinski definition) is 4. The lowest BCUT2D eigenvalue weighted by molar-refractivity contribution is 1.36. The predicted molar refractivity (Wildman–Crippen MR) is 56.8 cm³/mol. The van der Waals surface area contributed by atoms with Crippen LogP contribution in [0.25, 0.3) is 5.57 Å². The molecule has 0 saturated heterocycles. The average molecular weight is 191 g/mol. The molecule has 2 N–H and O–H groups in total. The molecule has 0 aliphatic carbocycles. The standard InChI is InChI=1S/C9H9N3S/c10-9-12-8(6-13-9)7-3-1-2-4-11-5-7/h1,3-6H,2H2,(H2,10,12). The lowest BCUT2D eigenvalue weighted by Gasteiger charge is -1.92. The molecule has 0 fully saturated rings. The number of nitrogens with two attached hydrogens (primary N) is 1. The Morgan fingerprint density at radius 3 is 3.15 bits per heavy atom. The molecule has 0 saturated carbocycles. The van der Waals surface area contributed by atoms with E-state index in [2.05, 4.69) is 16.1 Å². The van der Waals surface area contributed by atoms with E-state index in [1.54, 1.807) is 6.20 Å². The van der Waals surface area contributed by atoms with Crippen molar-refractivity contribution >= 4 is 28.3 Å². The highest BCUT2D eigenvalue weighted by Gasteiger charge is 2.02. The number of thiazole rings is 1. The second kappa shape index (κ2) is 3.53. The molecule has 66 valence electrons. The van der Waals surface area contributed by atoms with Gasteiger partial charge in [0.1, 0.15) is 0 Å². The van der Waals surface area contributed by atoms with Crippen LogP contribution in [0.4, 0.5) is 5.13 Å². The fraction of sp³-hybridized carbons (Fsp3) is 0.111. The van der Waals surface area contributed by atoms with Crippen molar-refractivity contribution in [2.45, 2.75) is 6.42 Å². The minimum Gasteiger partial charge on any atom is -0.375 e. The highest BCUT2D eigenvalue weighted by molar-refractivity contribution is 7.13. The summed E-state index contributed by atoms with van der Waals surface area (Å²) < 4.78 is 0. The van der Waals surface area contributed by atoms with Gasteiger partial charge in [-0.2, -0.15) is 0 Å². The molecule has 0 amide bonds. The Kier molecular flexibility index (Phi) is 2.23. The molecular weight excluding hydrogens is 182 g/mol. The van der Waals surface area contributed by atoms with Crippen molar-refractivity contribution < 1.29 is 0 Å². The first kappa shape index (κ1) is 8.19. The van der Waals surface area contributed by atoms with Gasteiger partial charge in [-0.05, 0) is 0 Å². The van der Waals surface area contributed by atoms with Gasteiger partial charge in [0.15, 0.2) is 5.13 Å². The summed E-state index contributed by atoms with van der Waals surface area (Å²) in [5.74, 6) is 0. The number of anilines is 1. The van der Waals surface area contributed by atoms with Crippen LogP contribution in [0.5, 0.6) is 0 Å². The van der Waals surface area contributed by atoms with Crippen LogP contribution in [0.15, 0.2) is 28.7 Å². The van der Waals surface area contributed by atoms with Crippen LogP contribution in [0, 0.1) is 0 Å². The molecule has 3 nitrogen and oxygen atoms in total. The van der Waals surface area contributed by atoms with Gasteiger partial charge in [0.25, 0.3) is 0 Å². The highest BCUT2D eigenvalue weighted by Crippen LogP contribution is 2.21. The Hall–Kier alpha value is -1.42. The third-order valence-electron chi connectivity index (χ3n) is 1.68. The number of aromatic nitrogens is 1. The van der Waals surface area contributed by atoms with Crippen LogP contribution in [0.2, 0.25) is 0 Å². The van der Waals surface area contributed by atoms with Crippen molar-refractivity contribution in [1.82, 2.24) is 4.98 Å². The minimum atomic E-state index is 0.595. The fourth-order valence-electron chi connectivity index (χ4n) is 1.06. The Bertz CT molecular complexity index is 387. The minimum absolute atomic E-state index is 0.595. The van der Waals surface area contributed by atoms with Gasteiger partial charge < -0.3 is 5.73 Å². The second-order valence-corrected chi connectivity index (χ2v) is 3.51. The van der Waals surface area contributed by atoms with Crippen molar-refractivity contribution in [2.75, 3.05) is 5.73 Å². The molecule has 0 radical (unpaired) electrons. The smallest absolute Gasteiger partial charge is 0.180 e. The molecule has 1 aromatic heterocycles. The predicted octanol–water partition coefficient (Wildman–Crippen LogP) is 2.10. The molecule has 1 aliphatic heterocycles. The zero-order chi connectivity index (χ0) is 9.10. The highest BCUT2D eigenvalue weighted by atomic mass is 32.1. The number of rotatable bonds is 1. The third kappa shape index (κ3) is 1.84. The summed E-state index contributed by atoms with van der Waals surface area (Å²) in [6, 6.07) is 0. The summed E-state index contributed by atoms with van der Waals surface area (Å²) in [6.45, 7) is 0. The van der Waals surface area contributed by atoms with E-state index < -0.39 is 0 Å². The van der Waals surface area contributed by atoms with Crippen molar-refractivity contribution in [1.29, 1.82) is 0 Å². The lowest BCUT2D eigenvalue weighted by atomic mass is 10.2. The van der Waals surface area contributed by atoms with Crippen LogP contribution in [0.1, 0.15) is 12.1 Å². The molecule has 4 heteroatoms. The molecule has 0 atom stereocenters. The van der Waals surface area contributed by atoms with E-state index in [9.17, 15) is 0 Å². The van der Waals surface area contributed by atoms with Gasteiger partial charge in [-0.15, -0.1) is 11.3 Å². The monoisotopic (exact) mass is 191 g/mol. The molecule has 13 heavy (non-hydrogen) atoms. The summed E-state index contributed by atoms with van der Waals surface area (Å²) in [7, 11) is 0. The van der Waals surface area contributed by atoms with Crippen molar-refractivity contribution in [2.24, 2.45) is 4.99 Å². The Morgan fingerprint density at radius 2 is 2.38 bits per heavy atom. The number of nitrogens with zero attached hydrogens (tertiary/aromatic N) is 2. The average Bonchev–Trinajstić information content (AvgIpc) is 2.43. The molecule has 2 rings (SSSR count). The molecule has 0 bridgehead atoms. The number of allylic oxidation sites excluding steroid dienone is 3. The maximum Gasteiger partial charge on any atom is 0.180 e. The Balaban J connectivity index is 2.35. The first-order chi connectivity index (χ1) is 6.36. The number of aliphatic imine (C=N–C) groups is 1. The molecule has 1 aliphatic rings. The van der Waals surface area contributed by atoms with Crippen LogP contribution >= 0.6 is 11.3 Å². The van der Waals surface area contributed by atoms with Crippen molar-refractivity contribution in [3.05, 3.63) is 29.4 Å². The molecule has 0 spiro atoms. The summed E-state index contributed by atoms with van der Waals surface area (Å²) in [6.07, 6.45) is 8.61. The number of nitrogen functional groups attached to an aromatic ring is 1. The quantitative estimate of drug-likeness (QED) is 0.739. The summed E-state index contributed by atoms with van der Waals surface area (Å²) >= 11 is 1.44. The lowest BCUT2D eigenvalue weighted by Crippen LogP contribution is -1.84. The molecule has 0 aromatic carbocycles. The molecular formula is C9H9N3S. The van der Waals surface area contributed by atoms with Crippen LogP contribution in [0.3, 0.4) is 0 Å². The summed E-state index contributed by atoms with van der Waals surface area (Å²) in [4.78, 5) is 8.29. The summed E-state index contributed by atoms with van der Waals surface area (Å²) in [5.41, 5.74) is 7.46. The topological polar surface area (TPSA) is 51.3 Å². The van der Waals surface area contributed by atoms with Crippen molar-refractivity contribution in [3.63, 3.8) is 0 Å². The van der Waals surface area contributed by atoms with Crippen molar-refractivity contribution in [3.8, 4) is 0 Å². The van der Waals surface area contributed by atoms with Gasteiger partial charge in [-0.1, -0.05) is 12.2 Å². The van der Waals surface area contributed by atoms with E-state index in [0.717, 1.165) is 17.7 Å². The summed E-state index contributed by atoms with van der Waals surface area (Å²) in [5, 5.41) is 2.53. The zero-order valence-corrected chi connectivity index (χ0v) is 7.79. The molecule has 0 unspecified atom stereocenters. The number of hydrogen-bond donors (Lipinski definition) is 1. The van der Waals surface area contributed by atoms with E-state index in [4.69, 9.17) is 5.73 Å². The maximum absolute atomic E-state index is 5.54. The van der Waals surface area contributed by atoms with Gasteiger partial charge in [0, 0.05) is 29.8 Å². The van der Waals surface area contributed by atoms with Crippen LogP contribution in [-0.4, -0.2) is 11.2 Å². The van der Waals surface area contributed by atoms with E-state index in [1.807, 2.05) is 17.7 Å². The largest absolute Gasteiger partial charge is 0.375 e. The van der Waals surface area contributed by atoms with Crippen LogP contribution in [-0.2, 0) is 0 Å². The van der Waals surface area contributed by atoms with E-state index >= 15 is 0 Å². The zero-order valence-electron chi connectivity index (χ0n) is 6.97. The first-order valence-corrected chi connectivity index (χ1v) is 4.84. The molecule has 1 aromatic rings. The SMILES string of the molecule is Nc1nc(C2=CN=CCC=C2)cs1. The van der Waals surface area contributed by atoms with E-state index in [0.29, 0.717) is 5.13 Å². The fourth-order valence-corrected chi connectivity index (χ4v) is 1.64.